The van der Waals surface area contributed by atoms with Gasteiger partial charge in [0, 0.05) is 5.92 Å². The van der Waals surface area contributed by atoms with E-state index in [-0.39, 0.29) is 17.8 Å². The van der Waals surface area contributed by atoms with Crippen molar-refractivity contribution in [2.45, 2.75) is 19.8 Å². The number of fused-ring (bicyclic) bond motifs is 1. The molecule has 1 amide bonds. The van der Waals surface area contributed by atoms with E-state index in [0.717, 1.165) is 28.6 Å². The van der Waals surface area contributed by atoms with Crippen molar-refractivity contribution in [2.24, 2.45) is 16.6 Å². The minimum atomic E-state index is -0.0430. The van der Waals surface area contributed by atoms with E-state index in [1.165, 1.54) is 11.3 Å². The molecule has 19 heavy (non-hydrogen) atoms. The van der Waals surface area contributed by atoms with Crippen molar-refractivity contribution in [1.82, 2.24) is 10.3 Å². The van der Waals surface area contributed by atoms with Crippen molar-refractivity contribution < 1.29 is 4.79 Å². The number of guanidine groups is 1. The van der Waals surface area contributed by atoms with Crippen LogP contribution in [0.2, 0.25) is 0 Å². The highest BCUT2D eigenvalue weighted by molar-refractivity contribution is 7.22. The van der Waals surface area contributed by atoms with Crippen LogP contribution in [0.3, 0.4) is 0 Å². The Morgan fingerprint density at radius 2 is 2.32 bits per heavy atom. The number of amides is 1. The zero-order chi connectivity index (χ0) is 13.4. The summed E-state index contributed by atoms with van der Waals surface area (Å²) in [6.45, 7) is 2.01. The van der Waals surface area contributed by atoms with Gasteiger partial charge in [0.1, 0.15) is 0 Å². The Balaban J connectivity index is 1.83. The summed E-state index contributed by atoms with van der Waals surface area (Å²) >= 11 is 1.46. The number of nitrogens with one attached hydrogen (secondary N) is 1. The third kappa shape index (κ3) is 2.58. The number of aliphatic imine (C=N–C) groups is 1. The van der Waals surface area contributed by atoms with Crippen LogP contribution in [0, 0.1) is 12.8 Å². The predicted molar refractivity (Wildman–Crippen MR) is 76.5 cm³/mol. The Hall–Kier alpha value is -1.95. The van der Waals surface area contributed by atoms with Gasteiger partial charge in [-0.25, -0.2) is 4.98 Å². The third-order valence-corrected chi connectivity index (χ3v) is 3.94. The third-order valence-electron chi connectivity index (χ3n) is 3.02. The highest BCUT2D eigenvalue weighted by Gasteiger charge is 2.29. The first-order chi connectivity index (χ1) is 9.13. The second-order valence-corrected chi connectivity index (χ2v) is 5.69. The van der Waals surface area contributed by atoms with Gasteiger partial charge in [0.2, 0.25) is 17.0 Å². The largest absolute Gasteiger partial charge is 0.369 e. The number of aromatic nitrogens is 1. The molecule has 1 aliphatic rings. The molecule has 5 nitrogen and oxygen atoms in total. The van der Waals surface area contributed by atoms with Crippen LogP contribution in [0.4, 0.5) is 5.13 Å². The lowest BCUT2D eigenvalue weighted by Gasteiger charge is -2.00. The van der Waals surface area contributed by atoms with Crippen molar-refractivity contribution >= 4 is 38.6 Å². The van der Waals surface area contributed by atoms with E-state index in [4.69, 9.17) is 5.73 Å². The normalized spacial score (nSPS) is 15.7. The maximum absolute atomic E-state index is 11.5. The van der Waals surface area contributed by atoms with Gasteiger partial charge >= 0.3 is 0 Å². The lowest BCUT2D eigenvalue weighted by molar-refractivity contribution is -0.120. The van der Waals surface area contributed by atoms with E-state index in [1.807, 2.05) is 25.1 Å². The molecule has 1 aromatic heterocycles. The van der Waals surface area contributed by atoms with Crippen LogP contribution < -0.4 is 11.1 Å². The molecule has 3 N–H and O–H groups in total. The van der Waals surface area contributed by atoms with Gasteiger partial charge in [-0.15, -0.1) is 0 Å². The monoisotopic (exact) mass is 274 g/mol. The maximum atomic E-state index is 11.5. The summed E-state index contributed by atoms with van der Waals surface area (Å²) in [7, 11) is 0. The molecule has 1 saturated carbocycles. The number of benzene rings is 1. The van der Waals surface area contributed by atoms with E-state index < -0.39 is 0 Å². The number of hydrogen-bond acceptors (Lipinski definition) is 4. The summed E-state index contributed by atoms with van der Waals surface area (Å²) < 4.78 is 1.07. The van der Waals surface area contributed by atoms with Crippen LogP contribution in [0.1, 0.15) is 18.4 Å². The van der Waals surface area contributed by atoms with Gasteiger partial charge in [0.15, 0.2) is 0 Å². The molecule has 0 aliphatic heterocycles. The molecule has 3 rings (SSSR count). The van der Waals surface area contributed by atoms with Crippen molar-refractivity contribution in [3.05, 3.63) is 23.8 Å². The van der Waals surface area contributed by atoms with E-state index in [1.54, 1.807) is 0 Å². The van der Waals surface area contributed by atoms with Gasteiger partial charge < -0.3 is 5.73 Å². The van der Waals surface area contributed by atoms with Gasteiger partial charge in [-0.1, -0.05) is 23.5 Å². The molecule has 2 aromatic rings. The minimum Gasteiger partial charge on any atom is -0.369 e. The fraction of sp³-hybridized carbons (Fsp3) is 0.308. The molecule has 1 heterocycles. The number of carbonyl (C=O) groups excluding carboxylic acids is 1. The molecule has 6 heteroatoms. The number of rotatable bonds is 2. The first kappa shape index (κ1) is 12.1. The number of nitrogens with zero attached hydrogens (tertiary/aromatic N) is 2. The van der Waals surface area contributed by atoms with E-state index >= 15 is 0 Å². The molecule has 0 saturated heterocycles. The molecule has 1 aliphatic carbocycles. The summed E-state index contributed by atoms with van der Waals surface area (Å²) in [6.07, 6.45) is 1.89. The van der Waals surface area contributed by atoms with Crippen molar-refractivity contribution in [1.29, 1.82) is 0 Å². The Morgan fingerprint density at radius 3 is 3.00 bits per heavy atom. The van der Waals surface area contributed by atoms with Gasteiger partial charge in [0.25, 0.3) is 0 Å². The predicted octanol–water partition coefficient (Wildman–Crippen LogP) is 2.08. The number of carbonyl (C=O) groups is 1. The van der Waals surface area contributed by atoms with Gasteiger partial charge in [0.05, 0.1) is 10.2 Å². The van der Waals surface area contributed by atoms with Crippen LogP contribution in [0.5, 0.6) is 0 Å². The summed E-state index contributed by atoms with van der Waals surface area (Å²) in [5.41, 5.74) is 7.76. The van der Waals surface area contributed by atoms with Crippen LogP contribution in [0.15, 0.2) is 23.2 Å². The lowest BCUT2D eigenvalue weighted by Crippen LogP contribution is -2.37. The first-order valence-electron chi connectivity index (χ1n) is 6.14. The fourth-order valence-corrected chi connectivity index (χ4v) is 2.75. The highest BCUT2D eigenvalue weighted by atomic mass is 32.1. The van der Waals surface area contributed by atoms with Crippen molar-refractivity contribution in [2.75, 3.05) is 0 Å². The molecule has 0 atom stereocenters. The summed E-state index contributed by atoms with van der Waals surface area (Å²) in [4.78, 5) is 20.1. The minimum absolute atomic E-state index is 0.0430. The Labute approximate surface area is 114 Å². The quantitative estimate of drug-likeness (QED) is 0.650. The van der Waals surface area contributed by atoms with E-state index in [9.17, 15) is 4.79 Å². The molecule has 0 bridgehead atoms. The molecule has 0 spiro atoms. The molecule has 0 unspecified atom stereocenters. The van der Waals surface area contributed by atoms with Crippen molar-refractivity contribution in [3.8, 4) is 0 Å². The summed E-state index contributed by atoms with van der Waals surface area (Å²) in [5.74, 6) is 0.193. The number of nitrogens with two attached hydrogens (primary N) is 1. The van der Waals surface area contributed by atoms with E-state index in [0.29, 0.717) is 5.13 Å². The topological polar surface area (TPSA) is 80.4 Å². The maximum Gasteiger partial charge on any atom is 0.229 e. The Kier molecular flexibility index (Phi) is 2.94. The van der Waals surface area contributed by atoms with Gasteiger partial charge in [-0.3, -0.25) is 10.1 Å². The highest BCUT2D eigenvalue weighted by Crippen LogP contribution is 2.30. The number of hydrogen-bond donors (Lipinski definition) is 2. The van der Waals surface area contributed by atoms with Gasteiger partial charge in [-0.05, 0) is 31.4 Å². The number of thiazole rings is 1. The SMILES string of the molecule is Cc1cccc2sc(N=C(N)NC(=O)C3CC3)nc12. The molecule has 98 valence electrons. The Bertz CT molecular complexity index is 672. The van der Waals surface area contributed by atoms with Crippen LogP contribution in [-0.4, -0.2) is 16.9 Å². The molecular weight excluding hydrogens is 260 g/mol. The van der Waals surface area contributed by atoms with Crippen LogP contribution >= 0.6 is 11.3 Å². The zero-order valence-corrected chi connectivity index (χ0v) is 11.3. The van der Waals surface area contributed by atoms with Gasteiger partial charge in [-0.2, -0.15) is 4.99 Å². The standard InChI is InChI=1S/C13H14N4OS/c1-7-3-2-4-9-10(7)15-13(19-9)17-12(14)16-11(18)8-5-6-8/h2-4,8H,5-6H2,1H3,(H3,14,15,16,17,18). The number of aryl methyl sites for hydroxylation is 1. The Morgan fingerprint density at radius 1 is 1.53 bits per heavy atom. The zero-order valence-electron chi connectivity index (χ0n) is 10.5. The van der Waals surface area contributed by atoms with Crippen molar-refractivity contribution in [3.63, 3.8) is 0 Å². The summed E-state index contributed by atoms with van der Waals surface area (Å²) in [5, 5.41) is 3.17. The second kappa shape index (κ2) is 4.62. The van der Waals surface area contributed by atoms with Crippen LogP contribution in [0.25, 0.3) is 10.2 Å². The average Bonchev–Trinajstić information content (AvgIpc) is 3.11. The molecule has 0 radical (unpaired) electrons. The second-order valence-electron chi connectivity index (χ2n) is 4.68. The molecule has 1 aromatic carbocycles. The average molecular weight is 274 g/mol. The lowest BCUT2D eigenvalue weighted by atomic mass is 10.2. The first-order valence-corrected chi connectivity index (χ1v) is 6.96. The smallest absolute Gasteiger partial charge is 0.229 e. The molecule has 1 fully saturated rings. The number of para-hydroxylation sites is 1. The van der Waals surface area contributed by atoms with E-state index in [2.05, 4.69) is 15.3 Å². The summed E-state index contributed by atoms with van der Waals surface area (Å²) in [6, 6.07) is 5.99. The van der Waals surface area contributed by atoms with Crippen LogP contribution in [-0.2, 0) is 4.79 Å². The fourth-order valence-electron chi connectivity index (χ4n) is 1.83. The molecular formula is C13H14N4OS.